The third-order valence-corrected chi connectivity index (χ3v) is 2.74. The van der Waals surface area contributed by atoms with Crippen LogP contribution in [-0.4, -0.2) is 23.2 Å². The number of rotatable bonds is 5. The summed E-state index contributed by atoms with van der Waals surface area (Å²) < 4.78 is 30.7. The summed E-state index contributed by atoms with van der Waals surface area (Å²) in [5, 5.41) is 11.0. The molecule has 0 unspecified atom stereocenters. The molecule has 0 spiro atoms. The average Bonchev–Trinajstić information content (AvgIpc) is 2.55. The molecule has 0 aliphatic heterocycles. The van der Waals surface area contributed by atoms with Crippen molar-refractivity contribution >= 4 is 5.69 Å². The lowest BCUT2D eigenvalue weighted by Crippen LogP contribution is -2.01. The molecule has 124 valence electrons. The number of pyridine rings is 1. The largest absolute Gasteiger partial charge is 0.488 e. The monoisotopic (exact) mass is 324 g/mol. The molecular weight excluding hydrogens is 306 g/mol. The lowest BCUT2D eigenvalue weighted by Gasteiger charge is -2.07. The van der Waals surface area contributed by atoms with Crippen molar-refractivity contribution in [2.24, 2.45) is 0 Å². The number of hydrogen-bond acceptors (Lipinski definition) is 4. The van der Waals surface area contributed by atoms with Gasteiger partial charge < -0.3 is 4.74 Å². The van der Waals surface area contributed by atoms with Gasteiger partial charge in [-0.25, -0.2) is 13.8 Å². The zero-order chi connectivity index (χ0) is 17.4. The number of nitrogens with zero attached hydrogens (tertiary/aromatic N) is 2. The molecule has 0 atom stereocenters. The second kappa shape index (κ2) is 8.77. The highest BCUT2D eigenvalue weighted by Gasteiger charge is 2.18. The van der Waals surface area contributed by atoms with Crippen LogP contribution in [0.5, 0.6) is 5.75 Å². The van der Waals surface area contributed by atoms with Crippen LogP contribution in [-0.2, 0) is 0 Å². The van der Waals surface area contributed by atoms with Gasteiger partial charge in [0.05, 0.1) is 4.92 Å². The maximum Gasteiger partial charge on any atom is 0.295 e. The quantitative estimate of drug-likeness (QED) is 0.601. The Bertz CT molecular complexity index is 678. The highest BCUT2D eigenvalue weighted by atomic mass is 19.1. The van der Waals surface area contributed by atoms with Crippen LogP contribution in [0, 0.1) is 22.9 Å². The van der Waals surface area contributed by atoms with E-state index >= 15 is 0 Å². The van der Waals surface area contributed by atoms with Gasteiger partial charge in [0.25, 0.3) is 5.69 Å². The number of aryl methyl sites for hydroxylation is 1. The van der Waals surface area contributed by atoms with Crippen molar-refractivity contribution in [1.29, 1.82) is 0 Å². The normalized spacial score (nSPS) is 9.78. The molecule has 1 aromatic heterocycles. The highest BCUT2D eigenvalue weighted by molar-refractivity contribution is 5.70. The molecule has 0 aliphatic carbocycles. The highest BCUT2D eigenvalue weighted by Crippen LogP contribution is 2.31. The minimum Gasteiger partial charge on any atom is -0.488 e. The van der Waals surface area contributed by atoms with E-state index in [0.717, 1.165) is 6.07 Å². The van der Waals surface area contributed by atoms with E-state index in [0.29, 0.717) is 5.56 Å². The second-order valence-electron chi connectivity index (χ2n) is 4.32. The van der Waals surface area contributed by atoms with Gasteiger partial charge in [0, 0.05) is 17.8 Å². The third-order valence-electron chi connectivity index (χ3n) is 2.74. The Morgan fingerprint density at radius 2 is 2.00 bits per heavy atom. The van der Waals surface area contributed by atoms with Crippen LogP contribution in [0.2, 0.25) is 0 Å². The molecule has 2 aromatic rings. The number of ether oxygens (including phenoxy) is 1. The van der Waals surface area contributed by atoms with Gasteiger partial charge in [0.1, 0.15) is 19.0 Å². The molecule has 2 rings (SSSR count). The van der Waals surface area contributed by atoms with Crippen LogP contribution in [0.3, 0.4) is 0 Å². The minimum absolute atomic E-state index is 0.0709. The number of alkyl halides is 1. The van der Waals surface area contributed by atoms with Gasteiger partial charge in [-0.3, -0.25) is 10.1 Å². The van der Waals surface area contributed by atoms with Crippen LogP contribution in [0.4, 0.5) is 14.5 Å². The summed E-state index contributed by atoms with van der Waals surface area (Å²) in [5.41, 5.74) is 0.758. The summed E-state index contributed by atoms with van der Waals surface area (Å²) in [7, 11) is 0. The van der Waals surface area contributed by atoms with E-state index < -0.39 is 17.4 Å². The Morgan fingerprint density at radius 3 is 2.57 bits per heavy atom. The third kappa shape index (κ3) is 4.70. The number of nitro groups is 1. The molecule has 1 heterocycles. The maximum atomic E-state index is 13.8. The summed E-state index contributed by atoms with van der Waals surface area (Å²) >= 11 is 0. The minimum atomic E-state index is -0.730. The molecule has 0 radical (unpaired) electrons. The number of aromatic nitrogens is 1. The fourth-order valence-electron chi connectivity index (χ4n) is 1.83. The van der Waals surface area contributed by atoms with Gasteiger partial charge in [-0.15, -0.1) is 0 Å². The molecule has 0 amide bonds. The van der Waals surface area contributed by atoms with Crippen molar-refractivity contribution in [2.45, 2.75) is 20.8 Å². The first-order chi connectivity index (χ1) is 11.0. The standard InChI is InChI=1S/C14H12F2N2O3.C2H6/c1-9-6-12(18(19)20)14(17-8-9)10-2-3-13(11(16)7-10)21-5-4-15;1-2/h2-3,6-8H,4-5H2,1H3;1-2H3. The molecule has 5 nitrogen and oxygen atoms in total. The predicted molar refractivity (Wildman–Crippen MR) is 83.8 cm³/mol. The van der Waals surface area contributed by atoms with E-state index in [1.807, 2.05) is 13.8 Å². The first-order valence-electron chi connectivity index (χ1n) is 7.12. The molecule has 0 fully saturated rings. The zero-order valence-electron chi connectivity index (χ0n) is 13.2. The fraction of sp³-hybridized carbons (Fsp3) is 0.312. The van der Waals surface area contributed by atoms with E-state index in [9.17, 15) is 18.9 Å². The van der Waals surface area contributed by atoms with Crippen LogP contribution in [0.25, 0.3) is 11.3 Å². The molecule has 0 bridgehead atoms. The van der Waals surface area contributed by atoms with E-state index in [-0.39, 0.29) is 29.3 Å². The van der Waals surface area contributed by atoms with Gasteiger partial charge in [0.2, 0.25) is 0 Å². The van der Waals surface area contributed by atoms with Crippen molar-refractivity contribution in [3.05, 3.63) is 52.0 Å². The number of benzene rings is 1. The second-order valence-corrected chi connectivity index (χ2v) is 4.32. The smallest absolute Gasteiger partial charge is 0.295 e. The number of hydrogen-bond donors (Lipinski definition) is 0. The van der Waals surface area contributed by atoms with E-state index in [1.54, 1.807) is 6.92 Å². The predicted octanol–water partition coefficient (Wildman–Crippen LogP) is 4.48. The molecule has 0 saturated heterocycles. The SMILES string of the molecule is CC.Cc1cnc(-c2ccc(OCCF)c(F)c2)c([N+](=O)[O-])c1. The molecule has 0 saturated carbocycles. The van der Waals surface area contributed by atoms with Gasteiger partial charge in [0.15, 0.2) is 11.6 Å². The Balaban J connectivity index is 0.00000127. The lowest BCUT2D eigenvalue weighted by molar-refractivity contribution is -0.384. The first kappa shape index (κ1) is 18.5. The number of halogens is 2. The molecule has 1 aromatic carbocycles. The summed E-state index contributed by atoms with van der Waals surface area (Å²) in [4.78, 5) is 14.5. The van der Waals surface area contributed by atoms with Gasteiger partial charge in [-0.1, -0.05) is 13.8 Å². The average molecular weight is 324 g/mol. The van der Waals surface area contributed by atoms with E-state index in [1.165, 1.54) is 24.4 Å². The molecule has 0 aliphatic rings. The fourth-order valence-corrected chi connectivity index (χ4v) is 1.83. The van der Waals surface area contributed by atoms with Crippen LogP contribution in [0.1, 0.15) is 19.4 Å². The zero-order valence-corrected chi connectivity index (χ0v) is 13.2. The Morgan fingerprint density at radius 1 is 1.30 bits per heavy atom. The van der Waals surface area contributed by atoms with E-state index in [2.05, 4.69) is 4.98 Å². The van der Waals surface area contributed by atoms with E-state index in [4.69, 9.17) is 4.74 Å². The molecule has 7 heteroatoms. The van der Waals surface area contributed by atoms with Crippen molar-refractivity contribution in [1.82, 2.24) is 4.98 Å². The van der Waals surface area contributed by atoms with Crippen molar-refractivity contribution in [2.75, 3.05) is 13.3 Å². The topological polar surface area (TPSA) is 65.3 Å². The van der Waals surface area contributed by atoms with Gasteiger partial charge >= 0.3 is 0 Å². The summed E-state index contributed by atoms with van der Waals surface area (Å²) in [5.74, 6) is -0.830. The van der Waals surface area contributed by atoms with Crippen molar-refractivity contribution < 1.29 is 18.4 Å². The summed E-state index contributed by atoms with van der Waals surface area (Å²) in [6.07, 6.45) is 1.47. The van der Waals surface area contributed by atoms with Crippen LogP contribution < -0.4 is 4.74 Å². The van der Waals surface area contributed by atoms with Crippen LogP contribution in [0.15, 0.2) is 30.5 Å². The Hall–Kier alpha value is -2.57. The summed E-state index contributed by atoms with van der Waals surface area (Å²) in [6, 6.07) is 5.19. The van der Waals surface area contributed by atoms with Crippen molar-refractivity contribution in [3.63, 3.8) is 0 Å². The van der Waals surface area contributed by atoms with Crippen molar-refractivity contribution in [3.8, 4) is 17.0 Å². The lowest BCUT2D eigenvalue weighted by atomic mass is 10.1. The molecule has 0 N–H and O–H groups in total. The first-order valence-corrected chi connectivity index (χ1v) is 7.12. The molecule has 23 heavy (non-hydrogen) atoms. The van der Waals surface area contributed by atoms with Gasteiger partial charge in [-0.2, -0.15) is 0 Å². The van der Waals surface area contributed by atoms with Gasteiger partial charge in [-0.05, 0) is 30.7 Å². The van der Waals surface area contributed by atoms with Crippen LogP contribution >= 0.6 is 0 Å². The molecular formula is C16H18F2N2O3. The summed E-state index contributed by atoms with van der Waals surface area (Å²) in [6.45, 7) is 4.70. The Labute approximate surface area is 133 Å². The Kier molecular flexibility index (Phi) is 7.05. The maximum absolute atomic E-state index is 13.8.